The van der Waals surface area contributed by atoms with Crippen molar-refractivity contribution in [1.29, 1.82) is 0 Å². The van der Waals surface area contributed by atoms with Crippen LogP contribution in [0.4, 0.5) is 5.69 Å². The standard InChI is InChI=1S/C17H28N2O2/c1-13-6-4-8-19(12-13)9-5-7-14-10-15(18)17(21-3)11-16(14)20-2/h10-11,13H,4-9,12,18H2,1-3H3. The minimum atomic E-state index is 0.680. The van der Waals surface area contributed by atoms with Gasteiger partial charge in [0.15, 0.2) is 0 Å². The Morgan fingerprint density at radius 1 is 1.24 bits per heavy atom. The largest absolute Gasteiger partial charge is 0.496 e. The van der Waals surface area contributed by atoms with Crippen molar-refractivity contribution in [3.8, 4) is 11.5 Å². The number of methoxy groups -OCH3 is 2. The minimum Gasteiger partial charge on any atom is -0.496 e. The summed E-state index contributed by atoms with van der Waals surface area (Å²) in [5.41, 5.74) is 7.85. The van der Waals surface area contributed by atoms with Gasteiger partial charge in [0.2, 0.25) is 0 Å². The summed E-state index contributed by atoms with van der Waals surface area (Å²) >= 11 is 0. The third-order valence-corrected chi connectivity index (χ3v) is 4.29. The second-order valence-electron chi connectivity index (χ2n) is 6.06. The molecule has 0 aliphatic carbocycles. The molecule has 0 radical (unpaired) electrons. The smallest absolute Gasteiger partial charge is 0.145 e. The van der Waals surface area contributed by atoms with Crippen molar-refractivity contribution in [2.75, 3.05) is 39.6 Å². The van der Waals surface area contributed by atoms with E-state index in [1.807, 2.05) is 12.1 Å². The van der Waals surface area contributed by atoms with E-state index in [-0.39, 0.29) is 0 Å². The average Bonchev–Trinajstić information content (AvgIpc) is 2.47. The van der Waals surface area contributed by atoms with E-state index in [1.165, 1.54) is 31.5 Å². The number of aryl methyl sites for hydroxylation is 1. The fourth-order valence-corrected chi connectivity index (χ4v) is 3.17. The fraction of sp³-hybridized carbons (Fsp3) is 0.647. The summed E-state index contributed by atoms with van der Waals surface area (Å²) in [7, 11) is 3.32. The summed E-state index contributed by atoms with van der Waals surface area (Å²) in [6.07, 6.45) is 4.83. The van der Waals surface area contributed by atoms with Crippen molar-refractivity contribution in [1.82, 2.24) is 4.90 Å². The molecule has 1 aliphatic rings. The van der Waals surface area contributed by atoms with Crippen LogP contribution in [0.25, 0.3) is 0 Å². The van der Waals surface area contributed by atoms with E-state index in [9.17, 15) is 0 Å². The van der Waals surface area contributed by atoms with Gasteiger partial charge in [-0.15, -0.1) is 0 Å². The molecular formula is C17H28N2O2. The summed E-state index contributed by atoms with van der Waals surface area (Å²) in [6, 6.07) is 3.87. The molecule has 0 amide bonds. The molecule has 2 rings (SSSR count). The van der Waals surface area contributed by atoms with Crippen molar-refractivity contribution < 1.29 is 9.47 Å². The lowest BCUT2D eigenvalue weighted by Gasteiger charge is -2.30. The average molecular weight is 292 g/mol. The Hall–Kier alpha value is -1.42. The molecule has 4 heteroatoms. The van der Waals surface area contributed by atoms with Gasteiger partial charge in [-0.05, 0) is 56.3 Å². The first-order chi connectivity index (χ1) is 10.1. The zero-order valence-electron chi connectivity index (χ0n) is 13.5. The van der Waals surface area contributed by atoms with Gasteiger partial charge >= 0.3 is 0 Å². The van der Waals surface area contributed by atoms with E-state index in [2.05, 4.69) is 11.8 Å². The molecule has 1 aromatic carbocycles. The molecule has 1 saturated heterocycles. The molecule has 1 heterocycles. The molecular weight excluding hydrogens is 264 g/mol. The van der Waals surface area contributed by atoms with Gasteiger partial charge in [-0.3, -0.25) is 0 Å². The van der Waals surface area contributed by atoms with Gasteiger partial charge in [0.25, 0.3) is 0 Å². The third kappa shape index (κ3) is 4.27. The molecule has 0 spiro atoms. The number of piperidine rings is 1. The van der Waals surface area contributed by atoms with Gasteiger partial charge in [0, 0.05) is 12.6 Å². The quantitative estimate of drug-likeness (QED) is 0.819. The van der Waals surface area contributed by atoms with E-state index in [0.717, 1.165) is 31.1 Å². The van der Waals surface area contributed by atoms with Crippen LogP contribution >= 0.6 is 0 Å². The molecule has 0 saturated carbocycles. The zero-order valence-corrected chi connectivity index (χ0v) is 13.5. The highest BCUT2D eigenvalue weighted by Gasteiger charge is 2.16. The van der Waals surface area contributed by atoms with Crippen LogP contribution in [0.5, 0.6) is 11.5 Å². The molecule has 1 unspecified atom stereocenters. The first-order valence-corrected chi connectivity index (χ1v) is 7.86. The van der Waals surface area contributed by atoms with Crippen molar-refractivity contribution in [2.24, 2.45) is 5.92 Å². The molecule has 2 N–H and O–H groups in total. The van der Waals surface area contributed by atoms with E-state index in [0.29, 0.717) is 11.4 Å². The minimum absolute atomic E-state index is 0.680. The Morgan fingerprint density at radius 3 is 2.67 bits per heavy atom. The summed E-state index contributed by atoms with van der Waals surface area (Å²) < 4.78 is 10.7. The van der Waals surface area contributed by atoms with Gasteiger partial charge in [-0.25, -0.2) is 0 Å². The highest BCUT2D eigenvalue weighted by molar-refractivity contribution is 5.59. The van der Waals surface area contributed by atoms with Gasteiger partial charge in [-0.2, -0.15) is 0 Å². The van der Waals surface area contributed by atoms with E-state index >= 15 is 0 Å². The number of nitrogens with two attached hydrogens (primary N) is 1. The summed E-state index contributed by atoms with van der Waals surface area (Å²) in [4.78, 5) is 2.58. The van der Waals surface area contributed by atoms with E-state index in [1.54, 1.807) is 14.2 Å². The summed E-state index contributed by atoms with van der Waals surface area (Å²) in [6.45, 7) is 5.98. The van der Waals surface area contributed by atoms with Gasteiger partial charge < -0.3 is 20.1 Å². The lowest BCUT2D eigenvalue weighted by Crippen LogP contribution is -2.35. The second kappa shape index (κ2) is 7.55. The van der Waals surface area contributed by atoms with Gasteiger partial charge in [0.1, 0.15) is 11.5 Å². The maximum absolute atomic E-state index is 6.00. The molecule has 1 aromatic rings. The first-order valence-electron chi connectivity index (χ1n) is 7.86. The monoisotopic (exact) mass is 292 g/mol. The van der Waals surface area contributed by atoms with Crippen LogP contribution in [-0.4, -0.2) is 38.8 Å². The van der Waals surface area contributed by atoms with Crippen molar-refractivity contribution in [3.05, 3.63) is 17.7 Å². The van der Waals surface area contributed by atoms with Crippen LogP contribution in [-0.2, 0) is 6.42 Å². The highest BCUT2D eigenvalue weighted by Crippen LogP contribution is 2.31. The molecule has 1 fully saturated rings. The molecule has 0 bridgehead atoms. The van der Waals surface area contributed by atoms with Crippen LogP contribution in [0, 0.1) is 5.92 Å². The summed E-state index contributed by atoms with van der Waals surface area (Å²) in [5.74, 6) is 2.39. The number of nitrogens with zero attached hydrogens (tertiary/aromatic N) is 1. The number of nitrogen functional groups attached to an aromatic ring is 1. The fourth-order valence-electron chi connectivity index (χ4n) is 3.17. The predicted molar refractivity (Wildman–Crippen MR) is 87.1 cm³/mol. The van der Waals surface area contributed by atoms with Crippen molar-refractivity contribution in [3.63, 3.8) is 0 Å². The number of likely N-dealkylation sites (tertiary alicyclic amines) is 1. The lowest BCUT2D eigenvalue weighted by atomic mass is 9.99. The lowest BCUT2D eigenvalue weighted by molar-refractivity contribution is 0.182. The van der Waals surface area contributed by atoms with Crippen LogP contribution in [0.15, 0.2) is 12.1 Å². The van der Waals surface area contributed by atoms with Crippen LogP contribution in [0.1, 0.15) is 31.7 Å². The maximum Gasteiger partial charge on any atom is 0.145 e. The summed E-state index contributed by atoms with van der Waals surface area (Å²) in [5, 5.41) is 0. The number of benzene rings is 1. The Kier molecular flexibility index (Phi) is 5.74. The zero-order chi connectivity index (χ0) is 15.2. The highest BCUT2D eigenvalue weighted by atomic mass is 16.5. The number of hydrogen-bond donors (Lipinski definition) is 1. The third-order valence-electron chi connectivity index (χ3n) is 4.29. The number of hydrogen-bond acceptors (Lipinski definition) is 4. The first kappa shape index (κ1) is 16.0. The van der Waals surface area contributed by atoms with Crippen LogP contribution < -0.4 is 15.2 Å². The number of ether oxygens (including phenoxy) is 2. The SMILES string of the molecule is COc1cc(OC)c(CCCN2CCCC(C)C2)cc1N. The van der Waals surface area contributed by atoms with Crippen LogP contribution in [0.2, 0.25) is 0 Å². The van der Waals surface area contributed by atoms with Gasteiger partial charge in [-0.1, -0.05) is 6.92 Å². The Balaban J connectivity index is 1.91. The molecule has 118 valence electrons. The van der Waals surface area contributed by atoms with Crippen molar-refractivity contribution >= 4 is 5.69 Å². The molecule has 0 aromatic heterocycles. The maximum atomic E-state index is 6.00. The molecule has 1 atom stereocenters. The normalized spacial score (nSPS) is 19.5. The molecule has 1 aliphatic heterocycles. The second-order valence-corrected chi connectivity index (χ2v) is 6.06. The molecule has 21 heavy (non-hydrogen) atoms. The number of anilines is 1. The van der Waals surface area contributed by atoms with Crippen molar-refractivity contribution in [2.45, 2.75) is 32.6 Å². The topological polar surface area (TPSA) is 47.7 Å². The predicted octanol–water partition coefficient (Wildman–Crippen LogP) is 2.95. The Morgan fingerprint density at radius 2 is 2.00 bits per heavy atom. The Labute approximate surface area is 128 Å². The Bertz CT molecular complexity index is 462. The van der Waals surface area contributed by atoms with E-state index < -0.39 is 0 Å². The van der Waals surface area contributed by atoms with Gasteiger partial charge in [0.05, 0.1) is 19.9 Å². The molecule has 4 nitrogen and oxygen atoms in total. The van der Waals surface area contributed by atoms with Crippen LogP contribution in [0.3, 0.4) is 0 Å². The number of rotatable bonds is 6. The van der Waals surface area contributed by atoms with E-state index in [4.69, 9.17) is 15.2 Å².